The highest BCUT2D eigenvalue weighted by Gasteiger charge is 2.22. The monoisotopic (exact) mass is 431 g/mol. The zero-order chi connectivity index (χ0) is 22.5. The summed E-state index contributed by atoms with van der Waals surface area (Å²) in [6, 6.07) is 7.62. The Labute approximate surface area is 185 Å². The minimum absolute atomic E-state index is 0.0127. The average Bonchev–Trinajstić information content (AvgIpc) is 3.42. The first kappa shape index (κ1) is 24.7. The Morgan fingerprint density at radius 1 is 1.03 bits per heavy atom. The van der Waals surface area contributed by atoms with E-state index in [0.717, 1.165) is 25.0 Å². The molecule has 0 saturated heterocycles. The molecule has 0 N–H and O–H groups in total. The molecular weight excluding hydrogens is 394 g/mol. The minimum atomic E-state index is -0.104. The number of aryl methyl sites for hydroxylation is 1. The first-order chi connectivity index (χ1) is 15.0. The fraction of sp³-hybridized carbons (Fsp3) is 0.583. The fourth-order valence-electron chi connectivity index (χ4n) is 3.47. The van der Waals surface area contributed by atoms with Gasteiger partial charge in [0.2, 0.25) is 11.8 Å². The molecule has 0 atom stereocenters. The zero-order valence-corrected chi connectivity index (χ0v) is 19.2. The quantitative estimate of drug-likeness (QED) is 0.400. The molecule has 2 aromatic heterocycles. The molecule has 2 aromatic rings. The molecule has 0 aliphatic rings. The average molecular weight is 432 g/mol. The van der Waals surface area contributed by atoms with Gasteiger partial charge in [-0.25, -0.2) is 0 Å². The summed E-state index contributed by atoms with van der Waals surface area (Å²) in [5, 5.41) is 0. The van der Waals surface area contributed by atoms with Crippen LogP contribution in [0.15, 0.2) is 41.1 Å². The van der Waals surface area contributed by atoms with E-state index in [2.05, 4.69) is 6.92 Å². The lowest BCUT2D eigenvalue weighted by Crippen LogP contribution is -2.43. The van der Waals surface area contributed by atoms with E-state index in [1.807, 2.05) is 42.1 Å². The van der Waals surface area contributed by atoms with Crippen LogP contribution in [0, 0.1) is 0 Å². The largest absolute Gasteiger partial charge is 0.467 e. The lowest BCUT2D eigenvalue weighted by molar-refractivity contribution is -0.142. The number of rotatable bonds is 15. The van der Waals surface area contributed by atoms with E-state index in [1.54, 1.807) is 23.2 Å². The number of aromatic nitrogens is 1. The molecule has 31 heavy (non-hydrogen) atoms. The number of carbonyl (C=O) groups excluding carboxylic acids is 2. The number of carbonyl (C=O) groups is 2. The maximum Gasteiger partial charge on any atom is 0.242 e. The summed E-state index contributed by atoms with van der Waals surface area (Å²) in [4.78, 5) is 29.4. The molecule has 0 aromatic carbocycles. The third-order valence-electron chi connectivity index (χ3n) is 5.42. The van der Waals surface area contributed by atoms with Crippen molar-refractivity contribution in [1.82, 2.24) is 14.4 Å². The van der Waals surface area contributed by atoms with E-state index < -0.39 is 0 Å². The van der Waals surface area contributed by atoms with Gasteiger partial charge in [0.25, 0.3) is 0 Å². The Balaban J connectivity index is 2.02. The van der Waals surface area contributed by atoms with Crippen molar-refractivity contribution < 1.29 is 18.7 Å². The van der Waals surface area contributed by atoms with Crippen molar-refractivity contribution in [2.45, 2.75) is 58.5 Å². The van der Waals surface area contributed by atoms with Crippen LogP contribution in [0.3, 0.4) is 0 Å². The highest BCUT2D eigenvalue weighted by atomic mass is 16.5. The van der Waals surface area contributed by atoms with E-state index in [9.17, 15) is 9.59 Å². The van der Waals surface area contributed by atoms with E-state index in [0.29, 0.717) is 38.4 Å². The fourth-order valence-corrected chi connectivity index (χ4v) is 3.47. The number of methoxy groups -OCH3 is 1. The molecule has 2 amide bonds. The number of amides is 2. The number of ether oxygens (including phenoxy) is 1. The molecule has 0 aliphatic carbocycles. The minimum Gasteiger partial charge on any atom is -0.467 e. The summed E-state index contributed by atoms with van der Waals surface area (Å²) in [6.45, 7) is 3.85. The summed E-state index contributed by atoms with van der Waals surface area (Å²) in [5.41, 5.74) is 1.02. The Morgan fingerprint density at radius 3 is 2.48 bits per heavy atom. The predicted molar refractivity (Wildman–Crippen MR) is 120 cm³/mol. The Hall–Kier alpha value is -2.54. The molecule has 172 valence electrons. The molecule has 2 heterocycles. The molecule has 7 heteroatoms. The van der Waals surface area contributed by atoms with Crippen molar-refractivity contribution in [1.29, 1.82) is 0 Å². The van der Waals surface area contributed by atoms with Gasteiger partial charge in [-0.3, -0.25) is 9.59 Å². The SMILES string of the molecule is CCCCCCCC(=O)N(CCOC)CC(=O)N(Cc1ccco1)Cc1cccn1C. The summed E-state index contributed by atoms with van der Waals surface area (Å²) in [5.74, 6) is 0.625. The van der Waals surface area contributed by atoms with Crippen LogP contribution in [-0.2, 0) is 34.5 Å². The summed E-state index contributed by atoms with van der Waals surface area (Å²) < 4.78 is 12.6. The second-order valence-corrected chi connectivity index (χ2v) is 7.91. The number of furan rings is 1. The van der Waals surface area contributed by atoms with Crippen molar-refractivity contribution in [3.63, 3.8) is 0 Å². The van der Waals surface area contributed by atoms with Gasteiger partial charge in [-0.05, 0) is 30.7 Å². The first-order valence-corrected chi connectivity index (χ1v) is 11.2. The summed E-state index contributed by atoms with van der Waals surface area (Å²) in [6.07, 6.45) is 9.45. The molecule has 0 fully saturated rings. The second kappa shape index (κ2) is 13.7. The number of hydrogen-bond acceptors (Lipinski definition) is 4. The normalized spacial score (nSPS) is 10.9. The molecular formula is C24H37N3O4. The molecule has 0 saturated carbocycles. The maximum absolute atomic E-state index is 13.2. The van der Waals surface area contributed by atoms with E-state index >= 15 is 0 Å². The molecule has 0 spiro atoms. The van der Waals surface area contributed by atoms with E-state index in [1.165, 1.54) is 12.8 Å². The van der Waals surface area contributed by atoms with Crippen molar-refractivity contribution in [2.75, 3.05) is 26.8 Å². The van der Waals surface area contributed by atoms with Crippen LogP contribution in [0.5, 0.6) is 0 Å². The highest BCUT2D eigenvalue weighted by molar-refractivity contribution is 5.84. The standard InChI is InChI=1S/C24H37N3O4/c1-4-5-6-7-8-13-23(28)26(15-17-30-3)20-24(29)27(19-22-12-10-16-31-22)18-21-11-9-14-25(21)2/h9-12,14,16H,4-8,13,15,17-20H2,1-3H3. The topological polar surface area (TPSA) is 67.9 Å². The predicted octanol–water partition coefficient (Wildman–Crippen LogP) is 3.98. The van der Waals surface area contributed by atoms with Gasteiger partial charge >= 0.3 is 0 Å². The van der Waals surface area contributed by atoms with Crippen LogP contribution in [0.1, 0.15) is 56.9 Å². The van der Waals surface area contributed by atoms with E-state index in [4.69, 9.17) is 9.15 Å². The van der Waals surface area contributed by atoms with E-state index in [-0.39, 0.29) is 18.4 Å². The lowest BCUT2D eigenvalue weighted by Gasteiger charge is -2.27. The van der Waals surface area contributed by atoms with Crippen molar-refractivity contribution in [2.24, 2.45) is 7.05 Å². The first-order valence-electron chi connectivity index (χ1n) is 11.2. The zero-order valence-electron chi connectivity index (χ0n) is 19.2. The third kappa shape index (κ3) is 8.61. The van der Waals surface area contributed by atoms with Crippen molar-refractivity contribution >= 4 is 11.8 Å². The lowest BCUT2D eigenvalue weighted by atomic mass is 10.1. The number of nitrogens with zero attached hydrogens (tertiary/aromatic N) is 3. The van der Waals surface area contributed by atoms with Gasteiger partial charge in [0, 0.05) is 39.0 Å². The van der Waals surface area contributed by atoms with Crippen LogP contribution in [0.2, 0.25) is 0 Å². The van der Waals surface area contributed by atoms with Gasteiger partial charge < -0.3 is 23.5 Å². The molecule has 0 radical (unpaired) electrons. The van der Waals surface area contributed by atoms with Gasteiger partial charge in [0.1, 0.15) is 5.76 Å². The number of unbranched alkanes of at least 4 members (excludes halogenated alkanes) is 4. The molecule has 7 nitrogen and oxygen atoms in total. The maximum atomic E-state index is 13.2. The van der Waals surface area contributed by atoms with Gasteiger partial charge in [-0.1, -0.05) is 32.6 Å². The van der Waals surface area contributed by atoms with Gasteiger partial charge in [-0.15, -0.1) is 0 Å². The summed E-state index contributed by atoms with van der Waals surface area (Å²) >= 11 is 0. The Kier molecular flexibility index (Phi) is 10.9. The summed E-state index contributed by atoms with van der Waals surface area (Å²) in [7, 11) is 3.56. The van der Waals surface area contributed by atoms with Gasteiger partial charge in [0.05, 0.1) is 32.5 Å². The number of hydrogen-bond donors (Lipinski definition) is 0. The molecule has 0 bridgehead atoms. The van der Waals surface area contributed by atoms with Crippen molar-refractivity contribution in [3.8, 4) is 0 Å². The van der Waals surface area contributed by atoms with Crippen molar-refractivity contribution in [3.05, 3.63) is 48.2 Å². The Bertz CT molecular complexity index is 770. The van der Waals surface area contributed by atoms with Crippen LogP contribution in [0.4, 0.5) is 0 Å². The smallest absolute Gasteiger partial charge is 0.242 e. The Morgan fingerprint density at radius 2 is 1.84 bits per heavy atom. The molecule has 0 aliphatic heterocycles. The molecule has 2 rings (SSSR count). The highest BCUT2D eigenvalue weighted by Crippen LogP contribution is 2.13. The van der Waals surface area contributed by atoms with Crippen LogP contribution >= 0.6 is 0 Å². The van der Waals surface area contributed by atoms with Gasteiger partial charge in [0.15, 0.2) is 0 Å². The van der Waals surface area contributed by atoms with Crippen LogP contribution in [-0.4, -0.2) is 53.0 Å². The van der Waals surface area contributed by atoms with Gasteiger partial charge in [-0.2, -0.15) is 0 Å². The molecule has 0 unspecified atom stereocenters. The van der Waals surface area contributed by atoms with Crippen LogP contribution < -0.4 is 0 Å². The third-order valence-corrected chi connectivity index (χ3v) is 5.42. The second-order valence-electron chi connectivity index (χ2n) is 7.91. The van der Waals surface area contributed by atoms with Crippen LogP contribution in [0.25, 0.3) is 0 Å².